The maximum absolute atomic E-state index is 5.69. The van der Waals surface area contributed by atoms with Crippen molar-refractivity contribution in [2.75, 3.05) is 0 Å². The fourth-order valence-corrected chi connectivity index (χ4v) is 8.37. The van der Waals surface area contributed by atoms with Gasteiger partial charge in [0.25, 0.3) is 0 Å². The number of nitrogens with zero attached hydrogens (tertiary/aromatic N) is 3. The maximum Gasteiger partial charge on any atom is 0.145 e. The molecule has 57 heavy (non-hydrogen) atoms. The van der Waals surface area contributed by atoms with Gasteiger partial charge in [-0.1, -0.05) is 129 Å². The minimum atomic E-state index is -0.118. The summed E-state index contributed by atoms with van der Waals surface area (Å²) in [4.78, 5) is 14.5. The Hall–Kier alpha value is -6.00. The highest BCUT2D eigenvalue weighted by Crippen LogP contribution is 2.42. The minimum Gasteiger partial charge on any atom is -0.354 e. The van der Waals surface area contributed by atoms with Crippen LogP contribution in [0.25, 0.3) is 83.1 Å². The first-order valence-corrected chi connectivity index (χ1v) is 20.2. The average molecular weight is 745 g/mol. The number of H-pyrrole nitrogens is 1. The lowest BCUT2D eigenvalue weighted by Crippen LogP contribution is -2.13. The van der Waals surface area contributed by atoms with Gasteiger partial charge in [-0.3, -0.25) is 9.55 Å². The lowest BCUT2D eigenvalue weighted by Gasteiger charge is -2.24. The van der Waals surface area contributed by atoms with Crippen molar-refractivity contribution in [2.24, 2.45) is 0 Å². The first-order chi connectivity index (χ1) is 27.1. The summed E-state index contributed by atoms with van der Waals surface area (Å²) >= 11 is 0. The molecule has 0 saturated heterocycles. The van der Waals surface area contributed by atoms with Crippen molar-refractivity contribution in [3.8, 4) is 39.3 Å². The number of aromatic nitrogens is 4. The molecule has 0 aliphatic heterocycles. The van der Waals surface area contributed by atoms with E-state index in [4.69, 9.17) is 9.97 Å². The second-order valence-electron chi connectivity index (χ2n) is 19.0. The van der Waals surface area contributed by atoms with E-state index in [1.54, 1.807) is 0 Å². The van der Waals surface area contributed by atoms with Gasteiger partial charge in [-0.05, 0) is 106 Å². The molecule has 1 N–H and O–H groups in total. The van der Waals surface area contributed by atoms with E-state index in [-0.39, 0.29) is 16.2 Å². The van der Waals surface area contributed by atoms with Crippen molar-refractivity contribution in [3.63, 3.8) is 0 Å². The Morgan fingerprint density at radius 2 is 1.16 bits per heavy atom. The second-order valence-corrected chi connectivity index (χ2v) is 19.0. The van der Waals surface area contributed by atoms with Gasteiger partial charge in [-0.25, -0.2) is 4.98 Å². The first kappa shape index (κ1) is 36.6. The quantitative estimate of drug-likeness (QED) is 0.195. The third kappa shape index (κ3) is 6.32. The number of aromatic amines is 1. The van der Waals surface area contributed by atoms with Crippen LogP contribution in [0.15, 0.2) is 128 Å². The maximum atomic E-state index is 5.69. The molecule has 0 fully saturated rings. The van der Waals surface area contributed by atoms with Gasteiger partial charge < -0.3 is 4.98 Å². The Balaban J connectivity index is 1.36. The molecule has 284 valence electrons. The molecule has 3 heterocycles. The zero-order valence-electron chi connectivity index (χ0n) is 35.0. The van der Waals surface area contributed by atoms with Gasteiger partial charge in [0, 0.05) is 55.8 Å². The molecule has 9 aromatic rings. The molecule has 0 spiro atoms. The van der Waals surface area contributed by atoms with Gasteiger partial charge in [-0.15, -0.1) is 0 Å². The van der Waals surface area contributed by atoms with Crippen molar-refractivity contribution in [1.29, 1.82) is 0 Å². The molecule has 6 aromatic carbocycles. The molecule has 0 radical (unpaired) electrons. The van der Waals surface area contributed by atoms with E-state index in [2.05, 4.69) is 200 Å². The summed E-state index contributed by atoms with van der Waals surface area (Å²) in [6.07, 6.45) is 1.95. The number of nitrogens with one attached hydrogen (secondary N) is 1. The third-order valence-electron chi connectivity index (χ3n) is 11.8. The predicted molar refractivity (Wildman–Crippen MR) is 243 cm³/mol. The molecule has 0 bridgehead atoms. The summed E-state index contributed by atoms with van der Waals surface area (Å²) in [7, 11) is 0. The largest absolute Gasteiger partial charge is 0.354 e. The Morgan fingerprint density at radius 3 is 1.89 bits per heavy atom. The Bertz CT molecular complexity index is 3010. The number of pyridine rings is 1. The van der Waals surface area contributed by atoms with Crippen LogP contribution in [-0.2, 0) is 16.2 Å². The van der Waals surface area contributed by atoms with Crippen molar-refractivity contribution < 1.29 is 0 Å². The van der Waals surface area contributed by atoms with Gasteiger partial charge in [0.1, 0.15) is 5.82 Å². The second kappa shape index (κ2) is 13.0. The monoisotopic (exact) mass is 744 g/mol. The van der Waals surface area contributed by atoms with Crippen LogP contribution in [0.2, 0.25) is 0 Å². The van der Waals surface area contributed by atoms with Crippen LogP contribution in [0.3, 0.4) is 0 Å². The summed E-state index contributed by atoms with van der Waals surface area (Å²) in [5, 5.41) is 3.64. The summed E-state index contributed by atoms with van der Waals surface area (Å²) in [5.41, 5.74) is 17.0. The molecule has 0 saturated carbocycles. The third-order valence-corrected chi connectivity index (χ3v) is 11.8. The van der Waals surface area contributed by atoms with Crippen molar-refractivity contribution in [3.05, 3.63) is 150 Å². The SMILES string of the molecule is Cc1ccnc2c(-c3cc(-c4nc5c(-c6cccc7c6[nH]c6ccccc67)cccc5n4-c4ccc(C(C)(C)C)cc4)cc(C(C)(C)C)c3)cc(C(C)(C)C)cc12. The topological polar surface area (TPSA) is 46.5 Å². The number of hydrogen-bond donors (Lipinski definition) is 1. The normalized spacial score (nSPS) is 12.7. The lowest BCUT2D eigenvalue weighted by atomic mass is 9.81. The molecule has 3 aromatic heterocycles. The summed E-state index contributed by atoms with van der Waals surface area (Å²) in [6.45, 7) is 22.8. The number of hydrogen-bond acceptors (Lipinski definition) is 2. The van der Waals surface area contributed by atoms with Gasteiger partial charge in [-0.2, -0.15) is 0 Å². The first-order valence-electron chi connectivity index (χ1n) is 20.2. The van der Waals surface area contributed by atoms with E-state index in [0.29, 0.717) is 0 Å². The van der Waals surface area contributed by atoms with E-state index in [1.807, 2.05) is 6.20 Å². The Kier molecular flexibility index (Phi) is 8.37. The highest BCUT2D eigenvalue weighted by atomic mass is 15.1. The highest BCUT2D eigenvalue weighted by Gasteiger charge is 2.25. The van der Waals surface area contributed by atoms with Crippen LogP contribution in [0.1, 0.15) is 84.6 Å². The van der Waals surface area contributed by atoms with Gasteiger partial charge >= 0.3 is 0 Å². The molecule has 0 amide bonds. The number of benzene rings is 6. The molecule has 4 nitrogen and oxygen atoms in total. The van der Waals surface area contributed by atoms with Gasteiger partial charge in [0.15, 0.2) is 0 Å². The zero-order valence-corrected chi connectivity index (χ0v) is 35.0. The van der Waals surface area contributed by atoms with E-state index < -0.39 is 0 Å². The Labute approximate surface area is 336 Å². The Morgan fingerprint density at radius 1 is 0.509 bits per heavy atom. The predicted octanol–water partition coefficient (Wildman–Crippen LogP) is 14.4. The van der Waals surface area contributed by atoms with E-state index in [9.17, 15) is 0 Å². The number of imidazole rings is 1. The molecule has 0 aliphatic carbocycles. The number of rotatable bonds is 4. The highest BCUT2D eigenvalue weighted by molar-refractivity contribution is 6.13. The van der Waals surface area contributed by atoms with Crippen LogP contribution in [-0.4, -0.2) is 19.5 Å². The number of para-hydroxylation sites is 3. The van der Waals surface area contributed by atoms with Crippen LogP contribution in [0.4, 0.5) is 0 Å². The summed E-state index contributed by atoms with van der Waals surface area (Å²) < 4.78 is 2.37. The standard InChI is InChI=1S/C53H52N4/c1-32-25-26-54-47-43(32)30-37(53(8,9)10)31-44(47)33-27-34(29-36(28-33)52(5,6)7)50-56-49-42(41-17-13-16-40-39-15-11-12-19-45(39)55-48(40)41)18-14-20-46(49)57(50)38-23-21-35(22-24-38)51(2,3)4/h11-31,55H,1-10H3. The van der Waals surface area contributed by atoms with E-state index >= 15 is 0 Å². The van der Waals surface area contributed by atoms with Gasteiger partial charge in [0.05, 0.1) is 22.1 Å². The zero-order chi connectivity index (χ0) is 40.0. The van der Waals surface area contributed by atoms with E-state index in [1.165, 1.54) is 38.4 Å². The molecular formula is C53H52N4. The molecule has 4 heteroatoms. The van der Waals surface area contributed by atoms with E-state index in [0.717, 1.165) is 66.9 Å². The van der Waals surface area contributed by atoms with Crippen LogP contribution in [0.5, 0.6) is 0 Å². The fraction of sp³-hybridized carbons (Fsp3) is 0.245. The number of fused-ring (bicyclic) bond motifs is 5. The molecule has 0 atom stereocenters. The molecule has 0 unspecified atom stereocenters. The molecular weight excluding hydrogens is 693 g/mol. The molecule has 0 aliphatic rings. The lowest BCUT2D eigenvalue weighted by molar-refractivity contribution is 0.590. The van der Waals surface area contributed by atoms with Gasteiger partial charge in [0.2, 0.25) is 0 Å². The van der Waals surface area contributed by atoms with Crippen molar-refractivity contribution in [2.45, 2.75) is 85.5 Å². The van der Waals surface area contributed by atoms with Crippen LogP contribution in [0, 0.1) is 6.92 Å². The van der Waals surface area contributed by atoms with Crippen LogP contribution < -0.4 is 0 Å². The summed E-state index contributed by atoms with van der Waals surface area (Å²) in [5.74, 6) is 0.914. The molecule has 9 rings (SSSR count). The number of aryl methyl sites for hydroxylation is 1. The van der Waals surface area contributed by atoms with Crippen molar-refractivity contribution >= 4 is 43.7 Å². The summed E-state index contributed by atoms with van der Waals surface area (Å²) in [6, 6.07) is 44.8. The van der Waals surface area contributed by atoms with Crippen molar-refractivity contribution in [1.82, 2.24) is 19.5 Å². The average Bonchev–Trinajstić information content (AvgIpc) is 3.76. The smallest absolute Gasteiger partial charge is 0.145 e. The van der Waals surface area contributed by atoms with Crippen LogP contribution >= 0.6 is 0 Å². The minimum absolute atomic E-state index is 0.0346. The fourth-order valence-electron chi connectivity index (χ4n) is 8.37.